The van der Waals surface area contributed by atoms with Gasteiger partial charge in [-0.1, -0.05) is 11.6 Å². The molecule has 1 aromatic heterocycles. The van der Waals surface area contributed by atoms with E-state index in [2.05, 4.69) is 14.9 Å². The van der Waals surface area contributed by atoms with E-state index in [0.29, 0.717) is 35.7 Å². The fourth-order valence-electron chi connectivity index (χ4n) is 3.91. The van der Waals surface area contributed by atoms with Crippen LogP contribution in [0, 0.1) is 0 Å². The summed E-state index contributed by atoms with van der Waals surface area (Å²) in [6, 6.07) is 4.47. The number of carbonyl (C=O) groups excluding carboxylic acids is 1. The third-order valence-electron chi connectivity index (χ3n) is 5.95. The van der Waals surface area contributed by atoms with Crippen molar-refractivity contribution in [3.63, 3.8) is 0 Å². The summed E-state index contributed by atoms with van der Waals surface area (Å²) in [6.07, 6.45) is 4.85. The molecule has 0 unspecified atom stereocenters. The van der Waals surface area contributed by atoms with Gasteiger partial charge in [0.05, 0.1) is 23.2 Å². The molecule has 1 amide bonds. The maximum absolute atomic E-state index is 12.8. The number of benzene rings is 1. The second-order valence-electron chi connectivity index (χ2n) is 8.06. The summed E-state index contributed by atoms with van der Waals surface area (Å²) in [7, 11) is -3.77. The topological polar surface area (TPSA) is 124 Å². The van der Waals surface area contributed by atoms with E-state index < -0.39 is 10.0 Å². The number of nitrogens with zero attached hydrogens (tertiary/aromatic N) is 3. The van der Waals surface area contributed by atoms with Crippen LogP contribution in [0.15, 0.2) is 27.6 Å². The summed E-state index contributed by atoms with van der Waals surface area (Å²) >= 11 is 0. The molecule has 2 aliphatic heterocycles. The Hall–Kier alpha value is -2.50. The van der Waals surface area contributed by atoms with Crippen LogP contribution in [0.2, 0.25) is 0 Å². The molecule has 2 fully saturated rings. The average molecular weight is 449 g/mol. The van der Waals surface area contributed by atoms with Crippen LogP contribution in [-0.4, -0.2) is 50.3 Å². The van der Waals surface area contributed by atoms with Crippen molar-refractivity contribution in [3.05, 3.63) is 29.9 Å². The Morgan fingerprint density at radius 2 is 2.06 bits per heavy atom. The molecule has 0 radical (unpaired) electrons. The van der Waals surface area contributed by atoms with E-state index in [9.17, 15) is 13.2 Å². The molecule has 10 nitrogen and oxygen atoms in total. The van der Waals surface area contributed by atoms with Crippen molar-refractivity contribution in [2.24, 2.45) is 0 Å². The highest BCUT2D eigenvalue weighted by atomic mass is 32.2. The number of sulfonamides is 1. The number of rotatable bonds is 7. The molecule has 1 saturated heterocycles. The van der Waals surface area contributed by atoms with Crippen LogP contribution in [0.5, 0.6) is 5.75 Å². The molecule has 166 valence electrons. The summed E-state index contributed by atoms with van der Waals surface area (Å²) in [4.78, 5) is 18.5. The Labute approximate surface area is 179 Å². The van der Waals surface area contributed by atoms with Crippen LogP contribution in [0.1, 0.15) is 49.7 Å². The summed E-state index contributed by atoms with van der Waals surface area (Å²) in [6.45, 7) is 0.811. The minimum Gasteiger partial charge on any atom is -0.482 e. The average Bonchev–Trinajstić information content (AvgIpc) is 3.39. The van der Waals surface area contributed by atoms with Gasteiger partial charge in [-0.15, -0.1) is 0 Å². The second kappa shape index (κ2) is 8.21. The van der Waals surface area contributed by atoms with Crippen LogP contribution in [0.25, 0.3) is 0 Å². The molecule has 2 aromatic rings. The van der Waals surface area contributed by atoms with E-state index in [0.717, 1.165) is 32.1 Å². The van der Waals surface area contributed by atoms with Crippen molar-refractivity contribution >= 4 is 21.6 Å². The molecule has 11 heteroatoms. The van der Waals surface area contributed by atoms with E-state index in [4.69, 9.17) is 14.0 Å². The Kier molecular flexibility index (Phi) is 5.40. The Morgan fingerprint density at radius 3 is 2.81 bits per heavy atom. The monoisotopic (exact) mass is 448 g/mol. The van der Waals surface area contributed by atoms with Gasteiger partial charge < -0.3 is 14.0 Å². The molecule has 1 aliphatic carbocycles. The van der Waals surface area contributed by atoms with E-state index in [1.165, 1.54) is 17.0 Å². The minimum atomic E-state index is -3.77. The van der Waals surface area contributed by atoms with Gasteiger partial charge in [0.25, 0.3) is 5.91 Å². The lowest BCUT2D eigenvalue weighted by Gasteiger charge is -2.28. The zero-order valence-electron chi connectivity index (χ0n) is 17.0. The Morgan fingerprint density at radius 1 is 1.19 bits per heavy atom. The highest BCUT2D eigenvalue weighted by Crippen LogP contribution is 2.37. The quantitative estimate of drug-likeness (QED) is 0.679. The van der Waals surface area contributed by atoms with Gasteiger partial charge in [-0.2, -0.15) is 4.98 Å². The SMILES string of the molecule is O=C1COc2ccc(S(=O)(=O)NC[C@@H]3CCCO3)cc2N1Cc1noc(C2CCC2)n1. The molecule has 1 aromatic carbocycles. The lowest BCUT2D eigenvalue weighted by atomic mass is 9.85. The number of fused-ring (bicyclic) bond motifs is 1. The third-order valence-corrected chi connectivity index (χ3v) is 7.37. The van der Waals surface area contributed by atoms with Gasteiger partial charge in [0.15, 0.2) is 12.4 Å². The van der Waals surface area contributed by atoms with Gasteiger partial charge in [-0.05, 0) is 43.9 Å². The minimum absolute atomic E-state index is 0.0517. The van der Waals surface area contributed by atoms with Gasteiger partial charge >= 0.3 is 0 Å². The summed E-state index contributed by atoms with van der Waals surface area (Å²) in [5, 5.41) is 4.00. The number of carbonyl (C=O) groups is 1. The van der Waals surface area contributed by atoms with Crippen molar-refractivity contribution in [1.29, 1.82) is 0 Å². The number of anilines is 1. The van der Waals surface area contributed by atoms with Gasteiger partial charge in [0.1, 0.15) is 5.75 Å². The second-order valence-corrected chi connectivity index (χ2v) is 9.83. The van der Waals surface area contributed by atoms with E-state index >= 15 is 0 Å². The molecule has 1 saturated carbocycles. The predicted molar refractivity (Wildman–Crippen MR) is 108 cm³/mol. The highest BCUT2D eigenvalue weighted by molar-refractivity contribution is 7.89. The number of hydrogen-bond donors (Lipinski definition) is 1. The fourth-order valence-corrected chi connectivity index (χ4v) is 4.99. The number of amides is 1. The van der Waals surface area contributed by atoms with Crippen LogP contribution < -0.4 is 14.4 Å². The smallest absolute Gasteiger partial charge is 0.265 e. The van der Waals surface area contributed by atoms with Crippen molar-refractivity contribution in [1.82, 2.24) is 14.9 Å². The van der Waals surface area contributed by atoms with Crippen molar-refractivity contribution in [2.75, 3.05) is 24.7 Å². The zero-order chi connectivity index (χ0) is 21.4. The van der Waals surface area contributed by atoms with Crippen LogP contribution in [0.3, 0.4) is 0 Å². The molecule has 3 aliphatic rings. The van der Waals surface area contributed by atoms with Gasteiger partial charge in [0.2, 0.25) is 15.9 Å². The Balaban J connectivity index is 1.36. The molecular weight excluding hydrogens is 424 g/mol. The maximum atomic E-state index is 12.8. The number of hydrogen-bond acceptors (Lipinski definition) is 8. The molecular formula is C20H24N4O6S. The summed E-state index contributed by atoms with van der Waals surface area (Å²) < 4.78 is 44.5. The van der Waals surface area contributed by atoms with Crippen LogP contribution in [-0.2, 0) is 26.1 Å². The predicted octanol–water partition coefficient (Wildman–Crippen LogP) is 1.72. The first-order valence-corrected chi connectivity index (χ1v) is 12.0. The molecule has 3 heterocycles. The van der Waals surface area contributed by atoms with Crippen LogP contribution in [0.4, 0.5) is 5.69 Å². The molecule has 0 spiro atoms. The largest absolute Gasteiger partial charge is 0.482 e. The maximum Gasteiger partial charge on any atom is 0.265 e. The van der Waals surface area contributed by atoms with Crippen molar-refractivity contribution < 1.29 is 27.2 Å². The lowest BCUT2D eigenvalue weighted by molar-refractivity contribution is -0.121. The molecule has 5 rings (SSSR count). The van der Waals surface area contributed by atoms with E-state index in [1.54, 1.807) is 6.07 Å². The molecule has 0 bridgehead atoms. The van der Waals surface area contributed by atoms with Gasteiger partial charge in [0, 0.05) is 19.1 Å². The van der Waals surface area contributed by atoms with E-state index in [1.807, 2.05) is 0 Å². The van der Waals surface area contributed by atoms with Crippen molar-refractivity contribution in [2.45, 2.75) is 55.6 Å². The van der Waals surface area contributed by atoms with Crippen molar-refractivity contribution in [3.8, 4) is 5.75 Å². The fraction of sp³-hybridized carbons (Fsp3) is 0.550. The first-order chi connectivity index (χ1) is 15.0. The molecule has 1 N–H and O–H groups in total. The third kappa shape index (κ3) is 4.17. The lowest BCUT2D eigenvalue weighted by Crippen LogP contribution is -2.39. The number of aromatic nitrogens is 2. The highest BCUT2D eigenvalue weighted by Gasteiger charge is 2.31. The molecule has 1 atom stereocenters. The number of ether oxygens (including phenoxy) is 2. The Bertz CT molecular complexity index is 1080. The summed E-state index contributed by atoms with van der Waals surface area (Å²) in [5.74, 6) is 1.40. The molecule has 31 heavy (non-hydrogen) atoms. The first kappa shape index (κ1) is 20.4. The standard InChI is InChI=1S/C20H24N4O6S/c25-19-12-29-17-7-6-15(31(26,27)21-10-14-5-2-8-28-14)9-16(17)24(19)11-18-22-20(30-23-18)13-3-1-4-13/h6-7,9,13-14,21H,1-5,8,10-12H2/t14-/m0/s1. The van der Waals surface area contributed by atoms with Gasteiger partial charge in [-0.25, -0.2) is 13.1 Å². The number of nitrogens with one attached hydrogen (secondary N) is 1. The zero-order valence-corrected chi connectivity index (χ0v) is 17.8. The normalized spacial score (nSPS) is 21.6. The van der Waals surface area contributed by atoms with Crippen LogP contribution >= 0.6 is 0 Å². The van der Waals surface area contributed by atoms with E-state index in [-0.39, 0.29) is 36.6 Å². The first-order valence-electron chi connectivity index (χ1n) is 10.5. The summed E-state index contributed by atoms with van der Waals surface area (Å²) in [5.41, 5.74) is 0.367. The van der Waals surface area contributed by atoms with Gasteiger partial charge in [-0.3, -0.25) is 9.69 Å².